The summed E-state index contributed by atoms with van der Waals surface area (Å²) < 4.78 is 0. The van der Waals surface area contributed by atoms with Gasteiger partial charge in [0.25, 0.3) is 5.91 Å². The molecule has 30 heavy (non-hydrogen) atoms. The first-order valence-electron chi connectivity index (χ1n) is 11.2. The second-order valence-electron chi connectivity index (χ2n) is 9.69. The van der Waals surface area contributed by atoms with E-state index in [-0.39, 0.29) is 30.2 Å². The largest absolute Gasteiger partial charge is 0.337 e. The lowest BCUT2D eigenvalue weighted by Crippen LogP contribution is -2.43. The summed E-state index contributed by atoms with van der Waals surface area (Å²) in [7, 11) is 1.72. The number of amides is 3. The van der Waals surface area contributed by atoms with Gasteiger partial charge in [0.1, 0.15) is 11.5 Å². The number of nitrogens with one attached hydrogen (secondary N) is 1. The van der Waals surface area contributed by atoms with E-state index in [4.69, 9.17) is 0 Å². The lowest BCUT2D eigenvalue weighted by atomic mass is 9.87. The molecule has 4 aliphatic heterocycles. The van der Waals surface area contributed by atoms with Crippen molar-refractivity contribution in [1.29, 1.82) is 0 Å². The summed E-state index contributed by atoms with van der Waals surface area (Å²) in [5, 5.41) is 4.39. The van der Waals surface area contributed by atoms with Gasteiger partial charge in [0.05, 0.1) is 18.0 Å². The highest BCUT2D eigenvalue weighted by molar-refractivity contribution is 7.17. The Labute approximate surface area is 180 Å². The van der Waals surface area contributed by atoms with Crippen molar-refractivity contribution in [3.8, 4) is 0 Å². The number of carbonyl (C=O) groups excluding carboxylic acids is 3. The average Bonchev–Trinajstić information content (AvgIpc) is 3.17. The van der Waals surface area contributed by atoms with Crippen LogP contribution in [0.15, 0.2) is 0 Å². The molecular weight excluding hydrogens is 400 g/mol. The molecule has 2 bridgehead atoms. The normalized spacial score (nSPS) is 30.6. The molecule has 1 saturated carbocycles. The van der Waals surface area contributed by atoms with Gasteiger partial charge in [-0.05, 0) is 50.0 Å². The number of carbonyl (C=O) groups is 3. The van der Waals surface area contributed by atoms with Gasteiger partial charge in [-0.2, -0.15) is 0 Å². The second-order valence-corrected chi connectivity index (χ2v) is 10.8. The second kappa shape index (κ2) is 6.79. The van der Waals surface area contributed by atoms with Crippen LogP contribution in [-0.4, -0.2) is 66.3 Å². The molecule has 3 fully saturated rings. The third-order valence-electron chi connectivity index (χ3n) is 7.58. The number of likely N-dealkylation sites (N-methyl/N-ethyl adjacent to an activating group) is 1. The van der Waals surface area contributed by atoms with Crippen LogP contribution in [0, 0.1) is 11.8 Å². The van der Waals surface area contributed by atoms with Crippen molar-refractivity contribution in [2.24, 2.45) is 11.8 Å². The predicted octanol–water partition coefficient (Wildman–Crippen LogP) is 1.60. The fourth-order valence-electron chi connectivity index (χ4n) is 5.73. The first kappa shape index (κ1) is 18.8. The first-order valence-corrected chi connectivity index (χ1v) is 12.1. The number of nitrogens with zero attached hydrogens (tertiary/aromatic N) is 3. The molecule has 0 spiro atoms. The minimum atomic E-state index is -0.0498. The van der Waals surface area contributed by atoms with Gasteiger partial charge in [-0.15, -0.1) is 11.3 Å². The monoisotopic (exact) mass is 428 g/mol. The Hall–Kier alpha value is -1.93. The molecule has 6 rings (SSSR count). The summed E-state index contributed by atoms with van der Waals surface area (Å²) in [4.78, 5) is 45.8. The van der Waals surface area contributed by atoms with E-state index in [1.54, 1.807) is 23.3 Å². The van der Waals surface area contributed by atoms with Gasteiger partial charge in [0.2, 0.25) is 11.8 Å². The van der Waals surface area contributed by atoms with Crippen molar-refractivity contribution in [1.82, 2.24) is 15.1 Å². The maximum Gasteiger partial charge on any atom is 0.257 e. The van der Waals surface area contributed by atoms with Crippen molar-refractivity contribution >= 4 is 34.1 Å². The molecule has 160 valence electrons. The van der Waals surface area contributed by atoms with Crippen LogP contribution in [0.5, 0.6) is 0 Å². The zero-order chi connectivity index (χ0) is 20.6. The highest BCUT2D eigenvalue weighted by Crippen LogP contribution is 2.44. The van der Waals surface area contributed by atoms with E-state index in [0.29, 0.717) is 44.1 Å². The third-order valence-corrected chi connectivity index (χ3v) is 8.82. The van der Waals surface area contributed by atoms with Crippen LogP contribution < -0.4 is 10.2 Å². The summed E-state index contributed by atoms with van der Waals surface area (Å²) >= 11 is 1.57. The molecule has 0 unspecified atom stereocenters. The smallest absolute Gasteiger partial charge is 0.257 e. The Kier molecular flexibility index (Phi) is 4.25. The number of hydrogen-bond donors (Lipinski definition) is 1. The number of hydrogen-bond acceptors (Lipinski definition) is 5. The summed E-state index contributed by atoms with van der Waals surface area (Å²) in [6.07, 6.45) is 6.28. The summed E-state index contributed by atoms with van der Waals surface area (Å²) in [5.41, 5.74) is 1.79. The van der Waals surface area contributed by atoms with Crippen LogP contribution in [0.2, 0.25) is 0 Å². The molecule has 3 amide bonds. The van der Waals surface area contributed by atoms with Crippen molar-refractivity contribution in [2.75, 3.05) is 31.6 Å². The van der Waals surface area contributed by atoms with E-state index in [1.807, 2.05) is 9.80 Å². The topological polar surface area (TPSA) is 73.0 Å². The molecule has 2 saturated heterocycles. The lowest BCUT2D eigenvalue weighted by molar-refractivity contribution is -0.137. The zero-order valence-electron chi connectivity index (χ0n) is 17.4. The molecule has 5 heterocycles. The van der Waals surface area contributed by atoms with E-state index in [0.717, 1.165) is 46.7 Å². The maximum absolute atomic E-state index is 13.2. The molecule has 0 radical (unpaired) electrons. The van der Waals surface area contributed by atoms with Crippen molar-refractivity contribution < 1.29 is 14.4 Å². The third kappa shape index (κ3) is 2.91. The number of thiophene rings is 1. The Bertz CT molecular complexity index is 939. The number of rotatable bonds is 3. The van der Waals surface area contributed by atoms with E-state index in [9.17, 15) is 14.4 Å². The van der Waals surface area contributed by atoms with Gasteiger partial charge in [-0.1, -0.05) is 0 Å². The van der Waals surface area contributed by atoms with Crippen LogP contribution in [0.1, 0.15) is 52.9 Å². The maximum atomic E-state index is 13.2. The van der Waals surface area contributed by atoms with Crippen molar-refractivity contribution in [2.45, 2.75) is 57.2 Å². The molecule has 5 aliphatic rings. The fraction of sp³-hybridized carbons (Fsp3) is 0.682. The number of anilines is 1. The molecule has 1 N–H and O–H groups in total. The molecule has 3 atom stereocenters. The van der Waals surface area contributed by atoms with E-state index in [2.05, 4.69) is 5.32 Å². The summed E-state index contributed by atoms with van der Waals surface area (Å²) in [5.74, 6) is 0.882. The van der Waals surface area contributed by atoms with Gasteiger partial charge in [0, 0.05) is 37.1 Å². The summed E-state index contributed by atoms with van der Waals surface area (Å²) in [6.45, 7) is 2.09. The highest BCUT2D eigenvalue weighted by Gasteiger charge is 2.45. The number of fused-ring (bicyclic) bond motifs is 5. The van der Waals surface area contributed by atoms with Crippen LogP contribution in [0.4, 0.5) is 5.00 Å². The standard InChI is InChI=1S/C22H28N4O3S/c1-24-11-18(27)26(9-12-2-3-12)22-19(21(24)29)14-6-7-25(10-17(14)30-22)20(28)15-8-13-4-5-16(15)23-13/h12-13,15-16,23H,2-11H2,1H3/t13-,15+,16+/m1/s1. The Balaban J connectivity index is 1.30. The lowest BCUT2D eigenvalue weighted by Gasteiger charge is -2.32. The van der Waals surface area contributed by atoms with Crippen molar-refractivity contribution in [3.05, 3.63) is 16.0 Å². The van der Waals surface area contributed by atoms with E-state index >= 15 is 0 Å². The minimum absolute atomic E-state index is 0.0103. The van der Waals surface area contributed by atoms with Crippen molar-refractivity contribution in [3.63, 3.8) is 0 Å². The minimum Gasteiger partial charge on any atom is -0.337 e. The molecule has 1 aromatic rings. The quantitative estimate of drug-likeness (QED) is 0.794. The van der Waals surface area contributed by atoms with Crippen LogP contribution in [-0.2, 0) is 22.6 Å². The Morgan fingerprint density at radius 1 is 1.17 bits per heavy atom. The molecular formula is C22H28N4O3S. The molecule has 7 nitrogen and oxygen atoms in total. The fourth-order valence-corrected chi connectivity index (χ4v) is 7.11. The average molecular weight is 429 g/mol. The van der Waals surface area contributed by atoms with E-state index in [1.165, 1.54) is 6.42 Å². The molecule has 0 aromatic carbocycles. The Morgan fingerprint density at radius 3 is 2.70 bits per heavy atom. The molecule has 1 aliphatic carbocycles. The van der Waals surface area contributed by atoms with Gasteiger partial charge >= 0.3 is 0 Å². The van der Waals surface area contributed by atoms with Gasteiger partial charge in [0.15, 0.2) is 0 Å². The van der Waals surface area contributed by atoms with Crippen LogP contribution in [0.3, 0.4) is 0 Å². The predicted molar refractivity (Wildman–Crippen MR) is 114 cm³/mol. The molecule has 8 heteroatoms. The zero-order valence-corrected chi connectivity index (χ0v) is 18.2. The first-order chi connectivity index (χ1) is 14.5. The van der Waals surface area contributed by atoms with E-state index < -0.39 is 0 Å². The van der Waals surface area contributed by atoms with Gasteiger partial charge < -0.3 is 20.0 Å². The highest BCUT2D eigenvalue weighted by atomic mass is 32.1. The SMILES string of the molecule is CN1CC(=O)N(CC2CC2)c2sc3c(c2C1=O)CCN(C(=O)[C@H]1C[C@H]2CC[C@@H]1N2)C3. The van der Waals surface area contributed by atoms with Gasteiger partial charge in [-0.25, -0.2) is 0 Å². The Morgan fingerprint density at radius 2 is 2.00 bits per heavy atom. The van der Waals surface area contributed by atoms with Crippen LogP contribution >= 0.6 is 11.3 Å². The van der Waals surface area contributed by atoms with Crippen LogP contribution in [0.25, 0.3) is 0 Å². The van der Waals surface area contributed by atoms with Gasteiger partial charge in [-0.3, -0.25) is 14.4 Å². The molecule has 1 aromatic heterocycles. The summed E-state index contributed by atoms with van der Waals surface area (Å²) in [6, 6.07) is 0.850.